The van der Waals surface area contributed by atoms with Gasteiger partial charge in [0.1, 0.15) is 0 Å². The van der Waals surface area contributed by atoms with Crippen LogP contribution in [-0.4, -0.2) is 38.3 Å². The summed E-state index contributed by atoms with van der Waals surface area (Å²) in [5.41, 5.74) is 3.24. The highest BCUT2D eigenvalue weighted by atomic mass is 32.2. The zero-order valence-corrected chi connectivity index (χ0v) is 17.5. The SMILES string of the molecule is O=C(CCc1ccc(S(=O)(=O)N2CCCCCC2)cc1)N1CCc2ccccc21. The van der Waals surface area contributed by atoms with Gasteiger partial charge in [-0.2, -0.15) is 4.31 Å². The lowest BCUT2D eigenvalue weighted by atomic mass is 10.1. The number of benzene rings is 2. The molecule has 0 bridgehead atoms. The number of carbonyl (C=O) groups excluding carboxylic acids is 1. The van der Waals surface area contributed by atoms with Crippen LogP contribution in [0.3, 0.4) is 0 Å². The second-order valence-corrected chi connectivity index (χ2v) is 9.82. The summed E-state index contributed by atoms with van der Waals surface area (Å²) >= 11 is 0. The molecule has 0 aromatic heterocycles. The first kappa shape index (κ1) is 20.1. The van der Waals surface area contributed by atoms with Crippen LogP contribution in [0.15, 0.2) is 53.4 Å². The smallest absolute Gasteiger partial charge is 0.243 e. The number of para-hydroxylation sites is 1. The van der Waals surface area contributed by atoms with Crippen molar-refractivity contribution in [3.8, 4) is 0 Å². The van der Waals surface area contributed by atoms with Crippen molar-refractivity contribution >= 4 is 21.6 Å². The molecule has 1 fully saturated rings. The number of anilines is 1. The first-order valence-electron chi connectivity index (χ1n) is 10.5. The molecule has 2 aromatic carbocycles. The molecular weight excluding hydrogens is 384 g/mol. The molecule has 2 heterocycles. The van der Waals surface area contributed by atoms with E-state index in [0.717, 1.165) is 49.9 Å². The predicted octanol–water partition coefficient (Wildman–Crippen LogP) is 3.77. The minimum absolute atomic E-state index is 0.121. The van der Waals surface area contributed by atoms with Gasteiger partial charge in [-0.15, -0.1) is 0 Å². The van der Waals surface area contributed by atoms with Crippen LogP contribution in [0.4, 0.5) is 5.69 Å². The van der Waals surface area contributed by atoms with Crippen LogP contribution in [0.25, 0.3) is 0 Å². The van der Waals surface area contributed by atoms with E-state index in [1.807, 2.05) is 35.2 Å². The highest BCUT2D eigenvalue weighted by Gasteiger charge is 2.26. The van der Waals surface area contributed by atoms with Gasteiger partial charge in [0.2, 0.25) is 15.9 Å². The van der Waals surface area contributed by atoms with Gasteiger partial charge in [-0.1, -0.05) is 43.2 Å². The normalized spacial score (nSPS) is 17.7. The maximum Gasteiger partial charge on any atom is 0.243 e. The van der Waals surface area contributed by atoms with Crippen molar-refractivity contribution in [2.24, 2.45) is 0 Å². The summed E-state index contributed by atoms with van der Waals surface area (Å²) in [6.45, 7) is 1.96. The summed E-state index contributed by atoms with van der Waals surface area (Å²) in [6.07, 6.45) is 6.00. The van der Waals surface area contributed by atoms with E-state index < -0.39 is 10.0 Å². The summed E-state index contributed by atoms with van der Waals surface area (Å²) in [5, 5.41) is 0. The van der Waals surface area contributed by atoms with Crippen molar-refractivity contribution in [1.29, 1.82) is 0 Å². The van der Waals surface area contributed by atoms with E-state index >= 15 is 0 Å². The lowest BCUT2D eigenvalue weighted by molar-refractivity contribution is -0.118. The number of aryl methyl sites for hydroxylation is 1. The van der Waals surface area contributed by atoms with Crippen LogP contribution in [0.5, 0.6) is 0 Å². The van der Waals surface area contributed by atoms with Crippen molar-refractivity contribution < 1.29 is 13.2 Å². The Morgan fingerprint density at radius 2 is 1.55 bits per heavy atom. The van der Waals surface area contributed by atoms with Gasteiger partial charge in [-0.05, 0) is 55.0 Å². The molecule has 0 unspecified atom stereocenters. The van der Waals surface area contributed by atoms with Crippen LogP contribution in [0.1, 0.15) is 43.2 Å². The minimum Gasteiger partial charge on any atom is -0.312 e. The van der Waals surface area contributed by atoms with Gasteiger partial charge in [0.15, 0.2) is 0 Å². The lowest BCUT2D eigenvalue weighted by Crippen LogP contribution is -2.31. The second kappa shape index (κ2) is 8.67. The molecule has 2 aliphatic rings. The molecule has 29 heavy (non-hydrogen) atoms. The first-order chi connectivity index (χ1) is 14.1. The Bertz CT molecular complexity index is 962. The summed E-state index contributed by atoms with van der Waals surface area (Å²) < 4.78 is 27.4. The van der Waals surface area contributed by atoms with Crippen LogP contribution in [-0.2, 0) is 27.7 Å². The van der Waals surface area contributed by atoms with Crippen LogP contribution in [0.2, 0.25) is 0 Å². The number of hydrogen-bond donors (Lipinski definition) is 0. The summed E-state index contributed by atoms with van der Waals surface area (Å²) in [7, 11) is -3.42. The van der Waals surface area contributed by atoms with Gasteiger partial charge >= 0.3 is 0 Å². The van der Waals surface area contributed by atoms with Crippen LogP contribution >= 0.6 is 0 Å². The summed E-state index contributed by atoms with van der Waals surface area (Å²) in [4.78, 5) is 14.9. The van der Waals surface area contributed by atoms with Crippen molar-refractivity contribution in [3.05, 3.63) is 59.7 Å². The molecule has 5 nitrogen and oxygen atoms in total. The molecular formula is C23H28N2O3S. The second-order valence-electron chi connectivity index (χ2n) is 7.89. The van der Waals surface area contributed by atoms with Crippen molar-refractivity contribution in [2.75, 3.05) is 24.5 Å². The number of hydrogen-bond acceptors (Lipinski definition) is 3. The van der Waals surface area contributed by atoms with Crippen LogP contribution < -0.4 is 4.90 Å². The summed E-state index contributed by atoms with van der Waals surface area (Å²) in [6, 6.07) is 15.1. The lowest BCUT2D eigenvalue weighted by Gasteiger charge is -2.20. The standard InChI is InChI=1S/C23H28N2O3S/c26-23(25-18-15-20-7-3-4-8-22(20)25)14-11-19-9-12-21(13-10-19)29(27,28)24-16-5-1-2-6-17-24/h3-4,7-10,12-13H,1-2,5-6,11,14-18H2. The van der Waals surface area contributed by atoms with E-state index in [1.54, 1.807) is 16.4 Å². The number of amides is 1. The summed E-state index contributed by atoms with van der Waals surface area (Å²) in [5.74, 6) is 0.121. The predicted molar refractivity (Wildman–Crippen MR) is 114 cm³/mol. The number of rotatable bonds is 5. The van der Waals surface area contributed by atoms with E-state index in [9.17, 15) is 13.2 Å². The fourth-order valence-electron chi connectivity index (χ4n) is 4.24. The van der Waals surface area contributed by atoms with E-state index in [-0.39, 0.29) is 5.91 Å². The molecule has 0 saturated carbocycles. The number of sulfonamides is 1. The Hall–Kier alpha value is -2.18. The molecule has 2 aliphatic heterocycles. The van der Waals surface area contributed by atoms with Gasteiger partial charge in [0.05, 0.1) is 4.90 Å². The third-order valence-corrected chi connectivity index (χ3v) is 7.85. The van der Waals surface area contributed by atoms with E-state index in [2.05, 4.69) is 6.07 Å². The molecule has 0 aliphatic carbocycles. The maximum absolute atomic E-state index is 12.9. The topological polar surface area (TPSA) is 57.7 Å². The molecule has 0 N–H and O–H groups in total. The molecule has 0 atom stereocenters. The Morgan fingerprint density at radius 1 is 0.862 bits per heavy atom. The number of carbonyl (C=O) groups is 1. The zero-order valence-electron chi connectivity index (χ0n) is 16.7. The van der Waals surface area contributed by atoms with Crippen molar-refractivity contribution in [2.45, 2.75) is 49.8 Å². The third-order valence-electron chi connectivity index (χ3n) is 5.94. The van der Waals surface area contributed by atoms with Gasteiger partial charge in [-0.3, -0.25) is 4.79 Å². The minimum atomic E-state index is -3.42. The van der Waals surface area contributed by atoms with Gasteiger partial charge < -0.3 is 4.90 Å². The van der Waals surface area contributed by atoms with E-state index in [1.165, 1.54) is 5.56 Å². The third kappa shape index (κ3) is 4.38. The maximum atomic E-state index is 12.9. The fraction of sp³-hybridized carbons (Fsp3) is 0.435. The van der Waals surface area contributed by atoms with Gasteiger partial charge in [0, 0.05) is 31.7 Å². The Labute approximate surface area is 173 Å². The molecule has 2 aromatic rings. The number of nitrogens with zero attached hydrogens (tertiary/aromatic N) is 2. The highest BCUT2D eigenvalue weighted by Crippen LogP contribution is 2.28. The Balaban J connectivity index is 1.38. The Morgan fingerprint density at radius 3 is 2.28 bits per heavy atom. The number of fused-ring (bicyclic) bond motifs is 1. The quantitative estimate of drug-likeness (QED) is 0.751. The molecule has 4 rings (SSSR count). The van der Waals surface area contributed by atoms with Crippen molar-refractivity contribution in [1.82, 2.24) is 4.31 Å². The molecule has 0 spiro atoms. The fourth-order valence-corrected chi connectivity index (χ4v) is 5.76. The van der Waals surface area contributed by atoms with Gasteiger partial charge in [0.25, 0.3) is 0 Å². The highest BCUT2D eigenvalue weighted by molar-refractivity contribution is 7.89. The average Bonchev–Trinajstić information content (AvgIpc) is 2.97. The first-order valence-corrected chi connectivity index (χ1v) is 12.0. The van der Waals surface area contributed by atoms with E-state index in [4.69, 9.17) is 0 Å². The van der Waals surface area contributed by atoms with Crippen molar-refractivity contribution in [3.63, 3.8) is 0 Å². The largest absolute Gasteiger partial charge is 0.312 e. The van der Waals surface area contributed by atoms with E-state index in [0.29, 0.717) is 30.8 Å². The Kier molecular flexibility index (Phi) is 6.01. The molecule has 6 heteroatoms. The van der Waals surface area contributed by atoms with Crippen LogP contribution in [0, 0.1) is 0 Å². The van der Waals surface area contributed by atoms with Gasteiger partial charge in [-0.25, -0.2) is 8.42 Å². The average molecular weight is 413 g/mol. The molecule has 1 saturated heterocycles. The zero-order chi connectivity index (χ0) is 20.3. The monoisotopic (exact) mass is 412 g/mol. The molecule has 154 valence electrons. The molecule has 0 radical (unpaired) electrons. The molecule has 1 amide bonds.